The smallest absolute Gasteiger partial charge is 0.333 e. The quantitative estimate of drug-likeness (QED) is 0.165. The van der Waals surface area contributed by atoms with Crippen molar-refractivity contribution >= 4 is 68.1 Å². The Morgan fingerprint density at radius 2 is 1.19 bits per heavy atom. The van der Waals surface area contributed by atoms with Crippen LogP contribution in [0.2, 0.25) is 0 Å². The van der Waals surface area contributed by atoms with E-state index in [2.05, 4.69) is 238 Å². The molecule has 0 saturated carbocycles. The lowest BCUT2D eigenvalue weighted by Crippen LogP contribution is -2.62. The van der Waals surface area contributed by atoms with Gasteiger partial charge in [0.2, 0.25) is 0 Å². The molecule has 0 spiro atoms. The summed E-state index contributed by atoms with van der Waals surface area (Å²) in [6.07, 6.45) is 0. The maximum absolute atomic E-state index is 6.73. The zero-order valence-electron chi connectivity index (χ0n) is 36.4. The molecule has 9 aromatic carbocycles. The highest BCUT2D eigenvalue weighted by Crippen LogP contribution is 2.60. The van der Waals surface area contributed by atoms with Crippen LogP contribution in [0.25, 0.3) is 44.2 Å². The molecule has 1 aromatic heterocycles. The molecule has 0 radical (unpaired) electrons. The van der Waals surface area contributed by atoms with Crippen molar-refractivity contribution in [2.75, 3.05) is 9.71 Å². The van der Waals surface area contributed by atoms with Crippen molar-refractivity contribution < 1.29 is 4.42 Å². The van der Waals surface area contributed by atoms with Gasteiger partial charge in [-0.2, -0.15) is 0 Å². The van der Waals surface area contributed by atoms with E-state index < -0.39 is 5.41 Å². The topological polar surface area (TPSA) is 19.6 Å². The van der Waals surface area contributed by atoms with Crippen LogP contribution in [0.1, 0.15) is 54.2 Å². The number of rotatable bonds is 4. The largest absolute Gasteiger partial charge is 0.456 e. The minimum atomic E-state index is -0.602. The van der Waals surface area contributed by atoms with Crippen LogP contribution in [0.15, 0.2) is 205 Å². The van der Waals surface area contributed by atoms with E-state index in [0.717, 1.165) is 27.6 Å². The Morgan fingerprint density at radius 1 is 0.516 bits per heavy atom. The Morgan fingerprint density at radius 3 is 1.94 bits per heavy atom. The van der Waals surface area contributed by atoms with Crippen LogP contribution in [-0.4, -0.2) is 6.85 Å². The van der Waals surface area contributed by atoms with Gasteiger partial charge in [-0.25, -0.2) is 0 Å². The standard InChI is InChI=1S/C60H45BN2O/c1-38-18-11-12-23-44(38)39-36-47-45-34-35-54-55(46-24-13-16-29-53(46)64-54)57(45)63(43-32-30-40(31-33-43)59(2,3)4)61-50-27-17-26-49-58(50)62(52(37-39)56(47)61)51-28-15-14-25-48(51)60(49,41-19-7-5-8-20-41)42-21-9-6-10-22-42/h5-37H,1-4H3. The van der Waals surface area contributed by atoms with Crippen LogP contribution < -0.4 is 20.6 Å². The fourth-order valence-corrected chi connectivity index (χ4v) is 11.6. The molecule has 3 nitrogen and oxygen atoms in total. The summed E-state index contributed by atoms with van der Waals surface area (Å²) in [5, 5.41) is 2.26. The van der Waals surface area contributed by atoms with Gasteiger partial charge >= 0.3 is 6.85 Å². The van der Waals surface area contributed by atoms with Crippen molar-refractivity contribution in [2.24, 2.45) is 0 Å². The van der Waals surface area contributed by atoms with Crippen molar-refractivity contribution in [3.63, 3.8) is 0 Å². The highest BCUT2D eigenvalue weighted by molar-refractivity contribution is 6.94. The van der Waals surface area contributed by atoms with E-state index in [9.17, 15) is 0 Å². The predicted molar refractivity (Wildman–Crippen MR) is 268 cm³/mol. The number of anilines is 5. The Labute approximate surface area is 375 Å². The van der Waals surface area contributed by atoms with Crippen LogP contribution in [0.4, 0.5) is 28.4 Å². The molecule has 304 valence electrons. The molecule has 0 amide bonds. The maximum atomic E-state index is 6.73. The molecule has 0 saturated heterocycles. The van der Waals surface area contributed by atoms with Crippen molar-refractivity contribution in [2.45, 2.75) is 38.5 Å². The number of hydrogen-bond donors (Lipinski definition) is 0. The molecule has 4 heterocycles. The number of benzene rings is 9. The molecule has 3 aliphatic heterocycles. The highest BCUT2D eigenvalue weighted by atomic mass is 16.3. The van der Waals surface area contributed by atoms with E-state index in [1.807, 2.05) is 0 Å². The lowest BCUT2D eigenvalue weighted by molar-refractivity contribution is 0.590. The summed E-state index contributed by atoms with van der Waals surface area (Å²) in [6, 6.07) is 74.9. The van der Waals surface area contributed by atoms with Gasteiger partial charge in [0.1, 0.15) is 11.2 Å². The third kappa shape index (κ3) is 5.00. The van der Waals surface area contributed by atoms with Crippen LogP contribution in [0.3, 0.4) is 0 Å². The van der Waals surface area contributed by atoms with Gasteiger partial charge in [-0.3, -0.25) is 0 Å². The van der Waals surface area contributed by atoms with Gasteiger partial charge in [0.25, 0.3) is 0 Å². The zero-order chi connectivity index (χ0) is 42.9. The highest BCUT2D eigenvalue weighted by Gasteiger charge is 2.53. The van der Waals surface area contributed by atoms with Gasteiger partial charge in [0.05, 0.1) is 16.5 Å². The lowest BCUT2D eigenvalue weighted by atomic mass is 9.42. The molecule has 3 aliphatic rings. The van der Waals surface area contributed by atoms with E-state index >= 15 is 0 Å². The van der Waals surface area contributed by atoms with Crippen molar-refractivity contribution in [3.05, 3.63) is 234 Å². The van der Waals surface area contributed by atoms with Crippen LogP contribution in [0, 0.1) is 6.92 Å². The first-order valence-corrected chi connectivity index (χ1v) is 22.5. The predicted octanol–water partition coefficient (Wildman–Crippen LogP) is 14.3. The first-order chi connectivity index (χ1) is 31.3. The third-order valence-electron chi connectivity index (χ3n) is 14.4. The summed E-state index contributed by atoms with van der Waals surface area (Å²) < 4.78 is 6.73. The molecule has 13 rings (SSSR count). The second-order valence-electron chi connectivity index (χ2n) is 18.9. The van der Waals surface area contributed by atoms with Crippen LogP contribution in [-0.2, 0) is 10.8 Å². The van der Waals surface area contributed by atoms with E-state index in [1.165, 1.54) is 89.3 Å². The van der Waals surface area contributed by atoms with Gasteiger partial charge in [-0.05, 0) is 122 Å². The molecule has 0 aliphatic carbocycles. The molecule has 0 atom stereocenters. The minimum Gasteiger partial charge on any atom is -0.456 e. The maximum Gasteiger partial charge on any atom is 0.333 e. The summed E-state index contributed by atoms with van der Waals surface area (Å²) in [5.74, 6) is 0. The second-order valence-corrected chi connectivity index (χ2v) is 18.9. The zero-order valence-corrected chi connectivity index (χ0v) is 36.4. The molecule has 10 aromatic rings. The number of nitrogens with zero attached hydrogens (tertiary/aromatic N) is 2. The molecule has 0 fully saturated rings. The molecule has 4 heteroatoms. The summed E-state index contributed by atoms with van der Waals surface area (Å²) >= 11 is 0. The average molecular weight is 821 g/mol. The average Bonchev–Trinajstić information content (AvgIpc) is 3.72. The lowest BCUT2D eigenvalue weighted by Gasteiger charge is -2.52. The molecular formula is C60H45BN2O. The number of furan rings is 1. The SMILES string of the molecule is Cc1ccccc1-c1cc2c3c(c1)N1c4ccccc4C(c4ccccc4)(c4ccccc4)c4cccc(c41)B3N(c1ccc(C(C)(C)C)cc1)c1c-2ccc2oc3ccccc3c12. The van der Waals surface area contributed by atoms with Crippen molar-refractivity contribution in [3.8, 4) is 22.3 Å². The van der Waals surface area contributed by atoms with E-state index in [1.54, 1.807) is 0 Å². The van der Waals surface area contributed by atoms with Crippen molar-refractivity contribution in [1.82, 2.24) is 0 Å². The Kier molecular flexibility index (Phi) is 7.80. The van der Waals surface area contributed by atoms with Gasteiger partial charge in [0, 0.05) is 33.7 Å². The molecule has 64 heavy (non-hydrogen) atoms. The number of hydrogen-bond acceptors (Lipinski definition) is 3. The van der Waals surface area contributed by atoms with Gasteiger partial charge in [-0.1, -0.05) is 172 Å². The van der Waals surface area contributed by atoms with Gasteiger partial charge < -0.3 is 14.1 Å². The molecule has 0 bridgehead atoms. The Hall–Kier alpha value is -7.56. The fraction of sp³-hybridized carbons (Fsp3) is 0.100. The number of fused-ring (bicyclic) bond motifs is 10. The molecule has 0 N–H and O–H groups in total. The fourth-order valence-electron chi connectivity index (χ4n) is 11.6. The normalized spacial score (nSPS) is 14.3. The van der Waals surface area contributed by atoms with Gasteiger partial charge in [0.15, 0.2) is 0 Å². The first kappa shape index (κ1) is 37.0. The van der Waals surface area contributed by atoms with Gasteiger partial charge in [-0.15, -0.1) is 0 Å². The second kappa shape index (κ2) is 13.5. The summed E-state index contributed by atoms with van der Waals surface area (Å²) in [5.41, 5.74) is 22.2. The van der Waals surface area contributed by atoms with E-state index in [-0.39, 0.29) is 12.3 Å². The van der Waals surface area contributed by atoms with Crippen LogP contribution >= 0.6 is 0 Å². The summed E-state index contributed by atoms with van der Waals surface area (Å²) in [4.78, 5) is 5.28. The van der Waals surface area contributed by atoms with E-state index in [0.29, 0.717) is 0 Å². The summed E-state index contributed by atoms with van der Waals surface area (Å²) in [7, 11) is 0. The monoisotopic (exact) mass is 820 g/mol. The molecule has 0 unspecified atom stereocenters. The minimum absolute atomic E-state index is 0.00748. The van der Waals surface area contributed by atoms with E-state index in [4.69, 9.17) is 4.42 Å². The number of aryl methyl sites for hydroxylation is 1. The Bertz CT molecular complexity index is 3470. The third-order valence-corrected chi connectivity index (χ3v) is 14.4. The Balaban J connectivity index is 1.22. The summed E-state index contributed by atoms with van der Waals surface area (Å²) in [6.45, 7) is 8.94. The number of para-hydroxylation sites is 3. The first-order valence-electron chi connectivity index (χ1n) is 22.5. The van der Waals surface area contributed by atoms with Crippen molar-refractivity contribution in [1.29, 1.82) is 0 Å². The van der Waals surface area contributed by atoms with Crippen LogP contribution in [0.5, 0.6) is 0 Å². The molecular weight excluding hydrogens is 775 g/mol.